The van der Waals surface area contributed by atoms with Crippen molar-refractivity contribution in [3.63, 3.8) is 0 Å². The molecule has 1 atom stereocenters. The standard InChI is InChI=1S/C10H16BrN3O/c1-14-6-9(12-13-14)5-10(7-11)3-2-4-15-8-10/h6H,2-5,7-8H2,1H3. The van der Waals surface area contributed by atoms with Gasteiger partial charge in [0.05, 0.1) is 12.3 Å². The smallest absolute Gasteiger partial charge is 0.0833 e. The van der Waals surface area contributed by atoms with Gasteiger partial charge in [-0.2, -0.15) is 0 Å². The number of hydrogen-bond donors (Lipinski definition) is 0. The Kier molecular flexibility index (Phi) is 3.41. The summed E-state index contributed by atoms with van der Waals surface area (Å²) in [5.41, 5.74) is 1.27. The second-order valence-electron chi connectivity index (χ2n) is 4.35. The van der Waals surface area contributed by atoms with Gasteiger partial charge >= 0.3 is 0 Å². The monoisotopic (exact) mass is 273 g/mol. The number of aryl methyl sites for hydroxylation is 1. The summed E-state index contributed by atoms with van der Waals surface area (Å²) in [6.07, 6.45) is 5.28. The number of hydrogen-bond acceptors (Lipinski definition) is 3. The predicted octanol–water partition coefficient (Wildman–Crippen LogP) is 1.55. The fourth-order valence-electron chi connectivity index (χ4n) is 2.06. The fourth-order valence-corrected chi connectivity index (χ4v) is 2.70. The first-order valence-corrected chi connectivity index (χ1v) is 6.35. The Hall–Kier alpha value is -0.420. The van der Waals surface area contributed by atoms with Crippen molar-refractivity contribution in [1.29, 1.82) is 0 Å². The maximum atomic E-state index is 5.57. The molecule has 0 aromatic carbocycles. The molecule has 84 valence electrons. The van der Waals surface area contributed by atoms with Crippen LogP contribution in [0.2, 0.25) is 0 Å². The van der Waals surface area contributed by atoms with Crippen molar-refractivity contribution in [2.45, 2.75) is 19.3 Å². The van der Waals surface area contributed by atoms with Gasteiger partial charge < -0.3 is 4.74 Å². The van der Waals surface area contributed by atoms with Gasteiger partial charge in [-0.25, -0.2) is 0 Å². The molecule has 0 bridgehead atoms. The van der Waals surface area contributed by atoms with Gasteiger partial charge in [-0.3, -0.25) is 4.68 Å². The summed E-state index contributed by atoms with van der Waals surface area (Å²) in [4.78, 5) is 0. The molecular weight excluding hydrogens is 258 g/mol. The molecule has 2 heterocycles. The fraction of sp³-hybridized carbons (Fsp3) is 0.800. The lowest BCUT2D eigenvalue weighted by molar-refractivity contribution is 0.00567. The van der Waals surface area contributed by atoms with Crippen LogP contribution < -0.4 is 0 Å². The van der Waals surface area contributed by atoms with Crippen LogP contribution in [0.3, 0.4) is 0 Å². The molecule has 1 aromatic heterocycles. The molecule has 5 heteroatoms. The molecular formula is C10H16BrN3O. The Balaban J connectivity index is 2.06. The van der Waals surface area contributed by atoms with Crippen LogP contribution in [0.4, 0.5) is 0 Å². The Labute approximate surface area is 98.1 Å². The van der Waals surface area contributed by atoms with E-state index in [1.54, 1.807) is 4.68 Å². The van der Waals surface area contributed by atoms with E-state index in [1.165, 1.54) is 6.42 Å². The van der Waals surface area contributed by atoms with E-state index >= 15 is 0 Å². The topological polar surface area (TPSA) is 39.9 Å². The van der Waals surface area contributed by atoms with Gasteiger partial charge in [-0.1, -0.05) is 21.1 Å². The lowest BCUT2D eigenvalue weighted by Gasteiger charge is -2.34. The van der Waals surface area contributed by atoms with Gasteiger partial charge in [0.2, 0.25) is 0 Å². The number of rotatable bonds is 3. The Morgan fingerprint density at radius 2 is 2.53 bits per heavy atom. The zero-order chi connectivity index (χ0) is 10.7. The van der Waals surface area contributed by atoms with Gasteiger partial charge in [-0.15, -0.1) is 5.10 Å². The maximum absolute atomic E-state index is 5.57. The Morgan fingerprint density at radius 3 is 3.07 bits per heavy atom. The normalized spacial score (nSPS) is 26.8. The molecule has 1 unspecified atom stereocenters. The number of nitrogens with zero attached hydrogens (tertiary/aromatic N) is 3. The van der Waals surface area contributed by atoms with Crippen molar-refractivity contribution >= 4 is 15.9 Å². The predicted molar refractivity (Wildman–Crippen MR) is 61.0 cm³/mol. The summed E-state index contributed by atoms with van der Waals surface area (Å²) in [6, 6.07) is 0. The lowest BCUT2D eigenvalue weighted by Crippen LogP contribution is -2.35. The highest BCUT2D eigenvalue weighted by Gasteiger charge is 2.32. The third-order valence-corrected chi connectivity index (χ3v) is 4.08. The first kappa shape index (κ1) is 11.1. The molecule has 1 fully saturated rings. The highest BCUT2D eigenvalue weighted by atomic mass is 79.9. The number of ether oxygens (including phenoxy) is 1. The van der Waals surface area contributed by atoms with Gasteiger partial charge in [0, 0.05) is 37.0 Å². The SMILES string of the molecule is Cn1cc(CC2(CBr)CCCOC2)nn1. The second-order valence-corrected chi connectivity index (χ2v) is 4.91. The molecule has 0 aliphatic carbocycles. The molecule has 4 nitrogen and oxygen atoms in total. The summed E-state index contributed by atoms with van der Waals surface area (Å²) in [6.45, 7) is 1.73. The molecule has 0 radical (unpaired) electrons. The van der Waals surface area contributed by atoms with Crippen LogP contribution in [0, 0.1) is 5.41 Å². The van der Waals surface area contributed by atoms with Crippen molar-refractivity contribution in [2.75, 3.05) is 18.5 Å². The quantitative estimate of drug-likeness (QED) is 0.785. The summed E-state index contributed by atoms with van der Waals surface area (Å²) in [5.74, 6) is 0. The molecule has 1 aliphatic rings. The average molecular weight is 274 g/mol. The molecule has 0 amide bonds. The van der Waals surface area contributed by atoms with Gasteiger partial charge in [0.1, 0.15) is 0 Å². The highest BCUT2D eigenvalue weighted by Crippen LogP contribution is 2.33. The first-order valence-electron chi connectivity index (χ1n) is 5.23. The minimum Gasteiger partial charge on any atom is -0.381 e. The molecule has 1 saturated heterocycles. The summed E-state index contributed by atoms with van der Waals surface area (Å²) in [7, 11) is 1.90. The van der Waals surface area contributed by atoms with Crippen molar-refractivity contribution in [3.05, 3.63) is 11.9 Å². The molecule has 0 spiro atoms. The van der Waals surface area contributed by atoms with E-state index in [0.29, 0.717) is 0 Å². The van der Waals surface area contributed by atoms with Crippen molar-refractivity contribution < 1.29 is 4.74 Å². The van der Waals surface area contributed by atoms with Gasteiger partial charge in [0.25, 0.3) is 0 Å². The van der Waals surface area contributed by atoms with Crippen LogP contribution in [0.25, 0.3) is 0 Å². The molecule has 2 rings (SSSR count). The third kappa shape index (κ3) is 2.58. The maximum Gasteiger partial charge on any atom is 0.0833 e. The van der Waals surface area contributed by atoms with Gasteiger partial charge in [0.15, 0.2) is 0 Å². The Bertz CT molecular complexity index is 320. The van der Waals surface area contributed by atoms with Crippen molar-refractivity contribution in [2.24, 2.45) is 12.5 Å². The van der Waals surface area contributed by atoms with Crippen LogP contribution in [-0.4, -0.2) is 33.5 Å². The van der Waals surface area contributed by atoms with Crippen molar-refractivity contribution in [1.82, 2.24) is 15.0 Å². The van der Waals surface area contributed by atoms with Crippen LogP contribution in [0.15, 0.2) is 6.20 Å². The van der Waals surface area contributed by atoms with E-state index in [0.717, 1.165) is 37.1 Å². The van der Waals surface area contributed by atoms with Crippen LogP contribution >= 0.6 is 15.9 Å². The number of alkyl halides is 1. The van der Waals surface area contributed by atoms with Gasteiger partial charge in [-0.05, 0) is 12.8 Å². The van der Waals surface area contributed by atoms with E-state index < -0.39 is 0 Å². The largest absolute Gasteiger partial charge is 0.381 e. The third-order valence-electron chi connectivity index (χ3n) is 2.89. The number of aromatic nitrogens is 3. The molecule has 1 aromatic rings. The van der Waals surface area contributed by atoms with E-state index in [4.69, 9.17) is 4.74 Å². The molecule has 0 N–H and O–H groups in total. The van der Waals surface area contributed by atoms with E-state index in [2.05, 4.69) is 26.2 Å². The minimum atomic E-state index is 0.217. The molecule has 1 aliphatic heterocycles. The zero-order valence-electron chi connectivity index (χ0n) is 8.95. The molecule has 0 saturated carbocycles. The van der Waals surface area contributed by atoms with E-state index in [-0.39, 0.29) is 5.41 Å². The average Bonchev–Trinajstić information content (AvgIpc) is 2.65. The summed E-state index contributed by atoms with van der Waals surface area (Å²) >= 11 is 3.60. The van der Waals surface area contributed by atoms with E-state index in [9.17, 15) is 0 Å². The second kappa shape index (κ2) is 4.61. The highest BCUT2D eigenvalue weighted by molar-refractivity contribution is 9.09. The van der Waals surface area contributed by atoms with E-state index in [1.807, 2.05) is 13.2 Å². The van der Waals surface area contributed by atoms with Crippen LogP contribution in [0.5, 0.6) is 0 Å². The minimum absolute atomic E-state index is 0.217. The first-order chi connectivity index (χ1) is 7.24. The van der Waals surface area contributed by atoms with Crippen LogP contribution in [0.1, 0.15) is 18.5 Å². The van der Waals surface area contributed by atoms with Crippen LogP contribution in [-0.2, 0) is 18.2 Å². The van der Waals surface area contributed by atoms with Crippen molar-refractivity contribution in [3.8, 4) is 0 Å². The molecule has 15 heavy (non-hydrogen) atoms. The lowest BCUT2D eigenvalue weighted by atomic mass is 9.80. The summed E-state index contributed by atoms with van der Waals surface area (Å²) in [5, 5.41) is 9.07. The zero-order valence-corrected chi connectivity index (χ0v) is 10.5. The number of halogens is 1. The Morgan fingerprint density at radius 1 is 1.67 bits per heavy atom. The summed E-state index contributed by atoms with van der Waals surface area (Å²) < 4.78 is 7.32.